The lowest BCUT2D eigenvalue weighted by Crippen LogP contribution is -2.43. The predicted octanol–water partition coefficient (Wildman–Crippen LogP) is 2.12. The lowest BCUT2D eigenvalue weighted by molar-refractivity contribution is 0.0607. The molecule has 1 unspecified atom stereocenters. The van der Waals surface area contributed by atoms with E-state index in [-0.39, 0.29) is 5.91 Å². The predicted molar refractivity (Wildman–Crippen MR) is 62.3 cm³/mol. The monoisotopic (exact) mass is 221 g/mol. The van der Waals surface area contributed by atoms with Gasteiger partial charge in [-0.3, -0.25) is 9.89 Å². The molecule has 88 valence electrons. The number of aryl methyl sites for hydroxylation is 1. The van der Waals surface area contributed by atoms with Crippen molar-refractivity contribution in [2.45, 2.75) is 45.6 Å². The van der Waals surface area contributed by atoms with Crippen LogP contribution in [0.2, 0.25) is 0 Å². The summed E-state index contributed by atoms with van der Waals surface area (Å²) < 4.78 is 0. The molecule has 1 fully saturated rings. The zero-order chi connectivity index (χ0) is 11.5. The van der Waals surface area contributed by atoms with Crippen molar-refractivity contribution >= 4 is 5.91 Å². The molecule has 1 aromatic rings. The minimum atomic E-state index is 0.137. The van der Waals surface area contributed by atoms with Crippen molar-refractivity contribution in [2.75, 3.05) is 6.54 Å². The highest BCUT2D eigenvalue weighted by atomic mass is 16.2. The van der Waals surface area contributed by atoms with Crippen molar-refractivity contribution in [3.05, 3.63) is 17.5 Å². The normalized spacial score (nSPS) is 21.1. The molecule has 0 aromatic carbocycles. The quantitative estimate of drug-likeness (QED) is 0.831. The summed E-state index contributed by atoms with van der Waals surface area (Å²) in [6, 6.07) is 0.413. The van der Waals surface area contributed by atoms with E-state index < -0.39 is 0 Å². The molecule has 0 saturated carbocycles. The second kappa shape index (κ2) is 4.68. The molecule has 4 heteroatoms. The number of carbonyl (C=O) groups is 1. The number of likely N-dealkylation sites (tertiary alicyclic amines) is 1. The van der Waals surface area contributed by atoms with Gasteiger partial charge in [0.2, 0.25) is 0 Å². The molecule has 1 aliphatic heterocycles. The molecular weight excluding hydrogens is 202 g/mol. The van der Waals surface area contributed by atoms with E-state index in [2.05, 4.69) is 17.1 Å². The Morgan fingerprint density at radius 3 is 3.06 bits per heavy atom. The number of hydrogen-bond acceptors (Lipinski definition) is 2. The van der Waals surface area contributed by atoms with E-state index in [1.807, 2.05) is 11.8 Å². The summed E-state index contributed by atoms with van der Waals surface area (Å²) in [7, 11) is 0. The number of nitrogens with zero attached hydrogens (tertiary/aromatic N) is 2. The number of H-pyrrole nitrogens is 1. The Morgan fingerprint density at radius 1 is 1.62 bits per heavy atom. The van der Waals surface area contributed by atoms with E-state index >= 15 is 0 Å². The van der Waals surface area contributed by atoms with Gasteiger partial charge in [-0.05, 0) is 32.6 Å². The maximum Gasteiger partial charge on any atom is 0.257 e. The van der Waals surface area contributed by atoms with Gasteiger partial charge in [0.25, 0.3) is 5.91 Å². The van der Waals surface area contributed by atoms with Crippen LogP contribution in [0.5, 0.6) is 0 Å². The highest BCUT2D eigenvalue weighted by molar-refractivity contribution is 5.95. The van der Waals surface area contributed by atoms with Crippen LogP contribution >= 0.6 is 0 Å². The van der Waals surface area contributed by atoms with Gasteiger partial charge in [-0.2, -0.15) is 5.10 Å². The maximum atomic E-state index is 12.3. The first-order valence-electron chi connectivity index (χ1n) is 6.05. The van der Waals surface area contributed by atoms with Gasteiger partial charge in [-0.25, -0.2) is 0 Å². The van der Waals surface area contributed by atoms with Crippen LogP contribution in [0, 0.1) is 6.92 Å². The minimum Gasteiger partial charge on any atom is -0.336 e. The molecule has 1 N–H and O–H groups in total. The van der Waals surface area contributed by atoms with E-state index in [4.69, 9.17) is 0 Å². The van der Waals surface area contributed by atoms with Crippen molar-refractivity contribution in [2.24, 2.45) is 0 Å². The van der Waals surface area contributed by atoms with E-state index in [1.54, 1.807) is 6.20 Å². The Kier molecular flexibility index (Phi) is 3.27. The largest absolute Gasteiger partial charge is 0.336 e. The van der Waals surface area contributed by atoms with Crippen LogP contribution in [0.1, 0.15) is 48.7 Å². The van der Waals surface area contributed by atoms with Crippen LogP contribution in [-0.4, -0.2) is 33.6 Å². The molecule has 1 aliphatic rings. The Morgan fingerprint density at radius 2 is 2.44 bits per heavy atom. The first kappa shape index (κ1) is 11.2. The van der Waals surface area contributed by atoms with E-state index in [9.17, 15) is 4.79 Å². The van der Waals surface area contributed by atoms with Gasteiger partial charge in [-0.1, -0.05) is 6.92 Å². The van der Waals surface area contributed by atoms with Crippen LogP contribution in [-0.2, 0) is 0 Å². The Labute approximate surface area is 96.0 Å². The molecule has 16 heavy (non-hydrogen) atoms. The molecule has 0 bridgehead atoms. The molecule has 1 saturated heterocycles. The number of piperidine rings is 1. The van der Waals surface area contributed by atoms with Crippen molar-refractivity contribution < 1.29 is 4.79 Å². The van der Waals surface area contributed by atoms with Crippen molar-refractivity contribution in [3.8, 4) is 0 Å². The summed E-state index contributed by atoms with van der Waals surface area (Å²) in [5.41, 5.74) is 1.59. The summed E-state index contributed by atoms with van der Waals surface area (Å²) in [5.74, 6) is 0.137. The minimum absolute atomic E-state index is 0.137. The molecule has 2 rings (SSSR count). The van der Waals surface area contributed by atoms with Crippen LogP contribution in [0.25, 0.3) is 0 Å². The highest BCUT2D eigenvalue weighted by Crippen LogP contribution is 2.22. The maximum absolute atomic E-state index is 12.3. The van der Waals surface area contributed by atoms with E-state index in [0.717, 1.165) is 37.1 Å². The third kappa shape index (κ3) is 1.96. The molecule has 1 amide bonds. The second-order valence-electron chi connectivity index (χ2n) is 4.47. The van der Waals surface area contributed by atoms with Crippen LogP contribution in [0.3, 0.4) is 0 Å². The number of carbonyl (C=O) groups excluding carboxylic acids is 1. The third-order valence-electron chi connectivity index (χ3n) is 3.42. The van der Waals surface area contributed by atoms with Crippen molar-refractivity contribution in [3.63, 3.8) is 0 Å². The first-order valence-corrected chi connectivity index (χ1v) is 6.05. The van der Waals surface area contributed by atoms with Crippen molar-refractivity contribution in [1.82, 2.24) is 15.1 Å². The molecule has 2 heterocycles. The number of nitrogens with one attached hydrogen (secondary N) is 1. The Balaban J connectivity index is 2.17. The summed E-state index contributed by atoms with van der Waals surface area (Å²) in [6.07, 6.45) is 6.19. The van der Waals surface area contributed by atoms with Gasteiger partial charge in [0, 0.05) is 18.3 Å². The van der Waals surface area contributed by atoms with Gasteiger partial charge < -0.3 is 4.90 Å². The topological polar surface area (TPSA) is 49.0 Å². The summed E-state index contributed by atoms with van der Waals surface area (Å²) in [6.45, 7) is 4.94. The van der Waals surface area contributed by atoms with Crippen LogP contribution in [0.15, 0.2) is 6.20 Å². The van der Waals surface area contributed by atoms with E-state index in [0.29, 0.717) is 6.04 Å². The third-order valence-corrected chi connectivity index (χ3v) is 3.42. The lowest BCUT2D eigenvalue weighted by Gasteiger charge is -2.35. The summed E-state index contributed by atoms with van der Waals surface area (Å²) in [5, 5.41) is 6.74. The van der Waals surface area contributed by atoms with Gasteiger partial charge >= 0.3 is 0 Å². The van der Waals surface area contributed by atoms with Gasteiger partial charge in [-0.15, -0.1) is 0 Å². The average Bonchev–Trinajstić information content (AvgIpc) is 2.74. The smallest absolute Gasteiger partial charge is 0.257 e. The number of rotatable bonds is 2. The molecule has 0 radical (unpaired) electrons. The summed E-state index contributed by atoms with van der Waals surface area (Å²) in [4.78, 5) is 14.3. The molecule has 1 atom stereocenters. The second-order valence-corrected chi connectivity index (χ2v) is 4.47. The first-order chi connectivity index (χ1) is 7.74. The zero-order valence-corrected chi connectivity index (χ0v) is 9.99. The molecule has 0 spiro atoms. The van der Waals surface area contributed by atoms with Crippen LogP contribution < -0.4 is 0 Å². The zero-order valence-electron chi connectivity index (χ0n) is 9.99. The van der Waals surface area contributed by atoms with Crippen LogP contribution in [0.4, 0.5) is 0 Å². The molecule has 0 aliphatic carbocycles. The van der Waals surface area contributed by atoms with Crippen molar-refractivity contribution in [1.29, 1.82) is 0 Å². The Bertz CT molecular complexity index is 372. The standard InChI is InChI=1S/C12H19N3O/c1-3-10-6-4-5-7-15(10)12(16)11-8-13-14-9(11)2/h8,10H,3-7H2,1-2H3,(H,13,14). The Hall–Kier alpha value is -1.32. The summed E-state index contributed by atoms with van der Waals surface area (Å²) >= 11 is 0. The highest BCUT2D eigenvalue weighted by Gasteiger charge is 2.27. The number of aromatic amines is 1. The SMILES string of the molecule is CCC1CCCCN1C(=O)c1cn[nH]c1C. The molecular formula is C12H19N3O. The van der Waals surface area contributed by atoms with Gasteiger partial charge in [0.1, 0.15) is 0 Å². The fraction of sp³-hybridized carbons (Fsp3) is 0.667. The number of amides is 1. The van der Waals surface area contributed by atoms with Gasteiger partial charge in [0.05, 0.1) is 11.8 Å². The fourth-order valence-corrected chi connectivity index (χ4v) is 2.41. The number of aromatic nitrogens is 2. The molecule has 1 aromatic heterocycles. The average molecular weight is 221 g/mol. The van der Waals surface area contributed by atoms with E-state index in [1.165, 1.54) is 6.42 Å². The number of hydrogen-bond donors (Lipinski definition) is 1. The molecule has 4 nitrogen and oxygen atoms in total. The lowest BCUT2D eigenvalue weighted by atomic mass is 9.99. The van der Waals surface area contributed by atoms with Gasteiger partial charge in [0.15, 0.2) is 0 Å². The fourth-order valence-electron chi connectivity index (χ4n) is 2.41.